The van der Waals surface area contributed by atoms with E-state index in [1.807, 2.05) is 0 Å². The third-order valence-corrected chi connectivity index (χ3v) is 3.88. The van der Waals surface area contributed by atoms with E-state index in [1.54, 1.807) is 16.8 Å². The number of carbonyl (C=O) groups excluding carboxylic acids is 1. The van der Waals surface area contributed by atoms with Gasteiger partial charge in [0.1, 0.15) is 0 Å². The molecule has 0 unspecified atom stereocenters. The molecule has 0 radical (unpaired) electrons. The van der Waals surface area contributed by atoms with Crippen molar-refractivity contribution in [2.75, 3.05) is 10.6 Å². The summed E-state index contributed by atoms with van der Waals surface area (Å²) in [6.45, 7) is 0. The topological polar surface area (TPSA) is 84.2 Å². The van der Waals surface area contributed by atoms with Crippen LogP contribution in [0.3, 0.4) is 0 Å². The molecule has 0 saturated heterocycles. The molecular formula is C15H14N6O. The van der Waals surface area contributed by atoms with Crippen molar-refractivity contribution in [1.82, 2.24) is 19.6 Å². The average Bonchev–Trinajstić information content (AvgIpc) is 3.15. The highest BCUT2D eigenvalue weighted by molar-refractivity contribution is 5.74. The van der Waals surface area contributed by atoms with Crippen molar-refractivity contribution < 1.29 is 4.79 Å². The lowest BCUT2D eigenvalue weighted by Crippen LogP contribution is -2.02. The first-order chi connectivity index (χ1) is 10.8. The van der Waals surface area contributed by atoms with Gasteiger partial charge in [0, 0.05) is 18.1 Å². The maximum atomic E-state index is 10.6. The highest BCUT2D eigenvalue weighted by Crippen LogP contribution is 2.27. The fourth-order valence-corrected chi connectivity index (χ4v) is 2.85. The Balaban J connectivity index is 1.71. The summed E-state index contributed by atoms with van der Waals surface area (Å²) in [5, 5.41) is 13.8. The van der Waals surface area contributed by atoms with Crippen LogP contribution in [0, 0.1) is 0 Å². The number of carbonyl (C=O) groups is 1. The van der Waals surface area contributed by atoms with Crippen LogP contribution >= 0.6 is 0 Å². The van der Waals surface area contributed by atoms with Gasteiger partial charge in [0.25, 0.3) is 0 Å². The average molecular weight is 294 g/mol. The predicted molar refractivity (Wildman–Crippen MR) is 82.2 cm³/mol. The van der Waals surface area contributed by atoms with E-state index in [1.165, 1.54) is 17.5 Å². The Kier molecular flexibility index (Phi) is 2.96. The molecular weight excluding hydrogens is 280 g/mol. The van der Waals surface area contributed by atoms with E-state index in [0.717, 1.165) is 18.5 Å². The molecule has 0 aliphatic heterocycles. The fourth-order valence-electron chi connectivity index (χ4n) is 2.85. The minimum absolute atomic E-state index is 0.365. The van der Waals surface area contributed by atoms with E-state index in [2.05, 4.69) is 44.0 Å². The molecule has 22 heavy (non-hydrogen) atoms. The Morgan fingerprint density at radius 2 is 2.09 bits per heavy atom. The van der Waals surface area contributed by atoms with Gasteiger partial charge >= 0.3 is 0 Å². The van der Waals surface area contributed by atoms with Crippen LogP contribution in [-0.4, -0.2) is 26.0 Å². The number of hydrogen-bond donors (Lipinski definition) is 2. The standard InChI is InChI=1S/C15H14N6O/c22-9-17-15-20-19-14-13(16-6-7-21(14)15)18-12-5-4-10-2-1-3-11(10)8-12/h4-9H,1-3H2,(H,16,18)(H,17,20,22). The first kappa shape index (κ1) is 12.8. The Morgan fingerprint density at radius 3 is 3.00 bits per heavy atom. The van der Waals surface area contributed by atoms with E-state index in [9.17, 15) is 4.79 Å². The Morgan fingerprint density at radius 1 is 1.18 bits per heavy atom. The van der Waals surface area contributed by atoms with Gasteiger partial charge in [-0.15, -0.1) is 10.2 Å². The highest BCUT2D eigenvalue weighted by atomic mass is 16.1. The SMILES string of the molecule is O=CNc1nnc2c(Nc3ccc4c(c3)CCC4)nccn12. The molecule has 7 nitrogen and oxygen atoms in total. The minimum Gasteiger partial charge on any atom is -0.337 e. The Hall–Kier alpha value is -2.96. The molecule has 2 heterocycles. The van der Waals surface area contributed by atoms with Crippen molar-refractivity contribution in [3.63, 3.8) is 0 Å². The van der Waals surface area contributed by atoms with Crippen LogP contribution in [0.5, 0.6) is 0 Å². The molecule has 0 atom stereocenters. The zero-order valence-electron chi connectivity index (χ0n) is 11.8. The number of hydrogen-bond acceptors (Lipinski definition) is 5. The van der Waals surface area contributed by atoms with E-state index >= 15 is 0 Å². The molecule has 4 rings (SSSR count). The number of amides is 1. The third kappa shape index (κ3) is 2.07. The van der Waals surface area contributed by atoms with Crippen LogP contribution in [0.1, 0.15) is 17.5 Å². The lowest BCUT2D eigenvalue weighted by molar-refractivity contribution is -0.105. The molecule has 1 amide bonds. The number of aromatic nitrogens is 4. The smallest absolute Gasteiger partial charge is 0.235 e. The van der Waals surface area contributed by atoms with Crippen molar-refractivity contribution in [2.24, 2.45) is 0 Å². The molecule has 3 aromatic rings. The van der Waals surface area contributed by atoms with Gasteiger partial charge in [-0.05, 0) is 42.5 Å². The molecule has 110 valence electrons. The molecule has 0 fully saturated rings. The number of nitrogens with zero attached hydrogens (tertiary/aromatic N) is 4. The zero-order chi connectivity index (χ0) is 14.9. The number of fused-ring (bicyclic) bond motifs is 2. The first-order valence-corrected chi connectivity index (χ1v) is 7.14. The minimum atomic E-state index is 0.365. The number of rotatable bonds is 4. The molecule has 2 N–H and O–H groups in total. The van der Waals surface area contributed by atoms with Crippen LogP contribution in [0.2, 0.25) is 0 Å². The van der Waals surface area contributed by atoms with Crippen molar-refractivity contribution in [1.29, 1.82) is 0 Å². The predicted octanol–water partition coefficient (Wildman–Crippen LogP) is 1.92. The van der Waals surface area contributed by atoms with Crippen LogP contribution in [0.4, 0.5) is 17.5 Å². The molecule has 1 aliphatic carbocycles. The normalized spacial score (nSPS) is 13.1. The maximum Gasteiger partial charge on any atom is 0.235 e. The lowest BCUT2D eigenvalue weighted by Gasteiger charge is -2.08. The summed E-state index contributed by atoms with van der Waals surface area (Å²) >= 11 is 0. The van der Waals surface area contributed by atoms with Gasteiger partial charge in [-0.25, -0.2) is 4.98 Å². The van der Waals surface area contributed by atoms with Gasteiger partial charge in [-0.2, -0.15) is 0 Å². The van der Waals surface area contributed by atoms with Crippen LogP contribution in [0.25, 0.3) is 5.65 Å². The number of aryl methyl sites for hydroxylation is 2. The third-order valence-electron chi connectivity index (χ3n) is 3.88. The number of nitrogens with one attached hydrogen (secondary N) is 2. The van der Waals surface area contributed by atoms with Gasteiger partial charge in [-0.1, -0.05) is 6.07 Å². The summed E-state index contributed by atoms with van der Waals surface area (Å²) in [6, 6.07) is 6.37. The number of benzene rings is 1. The van der Waals surface area contributed by atoms with Crippen LogP contribution in [-0.2, 0) is 17.6 Å². The summed E-state index contributed by atoms with van der Waals surface area (Å²) in [4.78, 5) is 14.9. The van der Waals surface area contributed by atoms with E-state index in [4.69, 9.17) is 0 Å². The summed E-state index contributed by atoms with van der Waals surface area (Å²) < 4.78 is 1.68. The van der Waals surface area contributed by atoms with Gasteiger partial charge in [0.15, 0.2) is 5.82 Å². The summed E-state index contributed by atoms with van der Waals surface area (Å²) in [5.74, 6) is 0.969. The van der Waals surface area contributed by atoms with Crippen molar-refractivity contribution in [3.8, 4) is 0 Å². The van der Waals surface area contributed by atoms with E-state index in [-0.39, 0.29) is 0 Å². The van der Waals surface area contributed by atoms with Gasteiger partial charge in [0.05, 0.1) is 0 Å². The van der Waals surface area contributed by atoms with E-state index in [0.29, 0.717) is 23.8 Å². The van der Waals surface area contributed by atoms with E-state index < -0.39 is 0 Å². The lowest BCUT2D eigenvalue weighted by atomic mass is 10.1. The van der Waals surface area contributed by atoms with Gasteiger partial charge < -0.3 is 5.32 Å². The monoisotopic (exact) mass is 294 g/mol. The molecule has 0 saturated carbocycles. The molecule has 7 heteroatoms. The molecule has 1 aliphatic rings. The zero-order valence-corrected chi connectivity index (χ0v) is 11.8. The first-order valence-electron chi connectivity index (χ1n) is 7.14. The second-order valence-electron chi connectivity index (χ2n) is 5.22. The van der Waals surface area contributed by atoms with Crippen molar-refractivity contribution >= 4 is 29.5 Å². The maximum absolute atomic E-state index is 10.6. The second-order valence-corrected chi connectivity index (χ2v) is 5.22. The largest absolute Gasteiger partial charge is 0.337 e. The summed E-state index contributed by atoms with van der Waals surface area (Å²) in [7, 11) is 0. The quantitative estimate of drug-likeness (QED) is 0.718. The molecule has 2 aromatic heterocycles. The fraction of sp³-hybridized carbons (Fsp3) is 0.200. The summed E-state index contributed by atoms with van der Waals surface area (Å²) in [6.07, 6.45) is 7.42. The van der Waals surface area contributed by atoms with Gasteiger partial charge in [-0.3, -0.25) is 14.5 Å². The Labute approximate surface area is 126 Å². The van der Waals surface area contributed by atoms with Gasteiger partial charge in [0.2, 0.25) is 18.0 Å². The molecule has 0 bridgehead atoms. The Bertz CT molecular complexity index is 856. The van der Waals surface area contributed by atoms with Crippen LogP contribution < -0.4 is 10.6 Å². The molecule has 1 aromatic carbocycles. The van der Waals surface area contributed by atoms with Crippen LogP contribution in [0.15, 0.2) is 30.6 Å². The van der Waals surface area contributed by atoms with Crippen molar-refractivity contribution in [2.45, 2.75) is 19.3 Å². The van der Waals surface area contributed by atoms with Crippen molar-refractivity contribution in [3.05, 3.63) is 41.7 Å². The molecule has 0 spiro atoms. The second kappa shape index (κ2) is 5.10. The summed E-state index contributed by atoms with van der Waals surface area (Å²) in [5.41, 5.74) is 4.36. The number of anilines is 3. The highest BCUT2D eigenvalue weighted by Gasteiger charge is 2.13.